The van der Waals surface area contributed by atoms with Gasteiger partial charge in [-0.25, -0.2) is 9.78 Å². The molecule has 0 unspecified atom stereocenters. The summed E-state index contributed by atoms with van der Waals surface area (Å²) in [5.41, 5.74) is 7.10. The van der Waals surface area contributed by atoms with E-state index in [2.05, 4.69) is 49.3 Å². The average molecular weight is 367 g/mol. The number of hydrogen-bond acceptors (Lipinski definition) is 4. The Morgan fingerprint density at radius 3 is 2.70 bits per heavy atom. The van der Waals surface area contributed by atoms with Crippen molar-refractivity contribution in [3.8, 4) is 5.75 Å². The first kappa shape index (κ1) is 18.8. The standard InChI is InChI=1S/C21H25N3O3/c1-12(2)17-8-6-7-13(3)18(17)10-22-19-9-16(27-21(25)26)11-24-15(5)14(4)23-20(19)24/h6-9,11-12,22H,10H2,1-5H3,(H,25,26). The van der Waals surface area contributed by atoms with Crippen molar-refractivity contribution in [1.29, 1.82) is 0 Å². The molecule has 6 heteroatoms. The molecule has 0 aliphatic rings. The van der Waals surface area contributed by atoms with Crippen molar-refractivity contribution >= 4 is 17.5 Å². The number of rotatable bonds is 5. The Labute approximate surface area is 158 Å². The Morgan fingerprint density at radius 2 is 2.04 bits per heavy atom. The van der Waals surface area contributed by atoms with E-state index < -0.39 is 6.16 Å². The maximum atomic E-state index is 11.0. The predicted molar refractivity (Wildman–Crippen MR) is 106 cm³/mol. The Morgan fingerprint density at radius 1 is 1.30 bits per heavy atom. The summed E-state index contributed by atoms with van der Waals surface area (Å²) in [5, 5.41) is 12.4. The lowest BCUT2D eigenvalue weighted by molar-refractivity contribution is 0.144. The average Bonchev–Trinajstić information content (AvgIpc) is 2.88. The van der Waals surface area contributed by atoms with Gasteiger partial charge in [-0.2, -0.15) is 0 Å². The van der Waals surface area contributed by atoms with E-state index in [0.29, 0.717) is 12.5 Å². The number of pyridine rings is 1. The zero-order valence-electron chi connectivity index (χ0n) is 16.3. The van der Waals surface area contributed by atoms with E-state index in [9.17, 15) is 4.79 Å². The highest BCUT2D eigenvalue weighted by atomic mass is 16.7. The highest BCUT2D eigenvalue weighted by molar-refractivity contribution is 5.72. The molecule has 0 saturated carbocycles. The van der Waals surface area contributed by atoms with Gasteiger partial charge in [0.1, 0.15) is 0 Å². The molecule has 0 fully saturated rings. The van der Waals surface area contributed by atoms with E-state index >= 15 is 0 Å². The van der Waals surface area contributed by atoms with Gasteiger partial charge in [-0.15, -0.1) is 0 Å². The van der Waals surface area contributed by atoms with Crippen molar-refractivity contribution < 1.29 is 14.6 Å². The van der Waals surface area contributed by atoms with E-state index in [1.165, 1.54) is 16.7 Å². The SMILES string of the molecule is Cc1cccc(C(C)C)c1CNc1cc(OC(=O)O)cn2c(C)c(C)nc12. The fraction of sp³-hybridized carbons (Fsp3) is 0.333. The molecule has 2 N–H and O–H groups in total. The van der Waals surface area contributed by atoms with Gasteiger partial charge in [-0.05, 0) is 43.4 Å². The van der Waals surface area contributed by atoms with Gasteiger partial charge in [0, 0.05) is 18.3 Å². The van der Waals surface area contributed by atoms with Crippen molar-refractivity contribution in [3.05, 3.63) is 58.5 Å². The number of anilines is 1. The molecule has 6 nitrogen and oxygen atoms in total. The van der Waals surface area contributed by atoms with Crippen LogP contribution >= 0.6 is 0 Å². The second kappa shape index (κ2) is 7.31. The summed E-state index contributed by atoms with van der Waals surface area (Å²) in [6.07, 6.45) is 0.313. The second-order valence-electron chi connectivity index (χ2n) is 7.08. The molecule has 142 valence electrons. The minimum absolute atomic E-state index is 0.256. The molecule has 3 rings (SSSR count). The summed E-state index contributed by atoms with van der Waals surface area (Å²) < 4.78 is 6.75. The lowest BCUT2D eigenvalue weighted by atomic mass is 9.94. The van der Waals surface area contributed by atoms with Crippen LogP contribution in [0.25, 0.3) is 5.65 Å². The summed E-state index contributed by atoms with van der Waals surface area (Å²) >= 11 is 0. The highest BCUT2D eigenvalue weighted by Gasteiger charge is 2.15. The topological polar surface area (TPSA) is 75.9 Å². The van der Waals surface area contributed by atoms with Crippen LogP contribution in [-0.2, 0) is 6.54 Å². The predicted octanol–water partition coefficient (Wildman–Crippen LogP) is 5.05. The smallest absolute Gasteiger partial charge is 0.449 e. The van der Waals surface area contributed by atoms with Crippen LogP contribution in [-0.4, -0.2) is 20.6 Å². The molecule has 0 aliphatic carbocycles. The molecule has 3 aromatic rings. The van der Waals surface area contributed by atoms with Crippen molar-refractivity contribution in [1.82, 2.24) is 9.38 Å². The second-order valence-corrected chi connectivity index (χ2v) is 7.08. The minimum atomic E-state index is -1.34. The maximum Gasteiger partial charge on any atom is 0.511 e. The molecule has 0 bridgehead atoms. The highest BCUT2D eigenvalue weighted by Crippen LogP contribution is 2.28. The number of nitrogens with one attached hydrogen (secondary N) is 1. The van der Waals surface area contributed by atoms with Crippen molar-refractivity contribution in [3.63, 3.8) is 0 Å². The van der Waals surface area contributed by atoms with Crippen LogP contribution in [0.4, 0.5) is 10.5 Å². The maximum absolute atomic E-state index is 11.0. The summed E-state index contributed by atoms with van der Waals surface area (Å²) in [6.45, 7) is 11.0. The van der Waals surface area contributed by atoms with Gasteiger partial charge in [-0.3, -0.25) is 4.40 Å². The van der Waals surface area contributed by atoms with Crippen molar-refractivity contribution in [2.75, 3.05) is 5.32 Å². The number of aromatic nitrogens is 2. The van der Waals surface area contributed by atoms with Gasteiger partial charge in [0.15, 0.2) is 11.4 Å². The Balaban J connectivity index is 2.02. The Kier molecular flexibility index (Phi) is 5.08. The van der Waals surface area contributed by atoms with Crippen molar-refractivity contribution in [2.45, 2.75) is 47.1 Å². The van der Waals surface area contributed by atoms with Crippen LogP contribution in [0, 0.1) is 20.8 Å². The van der Waals surface area contributed by atoms with Gasteiger partial charge >= 0.3 is 6.16 Å². The molecule has 0 aliphatic heterocycles. The normalized spacial score (nSPS) is 11.2. The number of carbonyl (C=O) groups is 1. The van der Waals surface area contributed by atoms with Crippen LogP contribution in [0.15, 0.2) is 30.5 Å². The number of aryl methyl sites for hydroxylation is 3. The number of fused-ring (bicyclic) bond motifs is 1. The Hall–Kier alpha value is -3.02. The van der Waals surface area contributed by atoms with Gasteiger partial charge in [0.25, 0.3) is 0 Å². The van der Waals surface area contributed by atoms with E-state index in [-0.39, 0.29) is 5.75 Å². The molecule has 0 radical (unpaired) electrons. The molecule has 0 amide bonds. The first-order chi connectivity index (χ1) is 12.8. The summed E-state index contributed by atoms with van der Waals surface area (Å²) in [5.74, 6) is 0.672. The largest absolute Gasteiger partial charge is 0.511 e. The van der Waals surface area contributed by atoms with Crippen molar-refractivity contribution in [2.24, 2.45) is 0 Å². The number of nitrogens with zero attached hydrogens (tertiary/aromatic N) is 2. The molecule has 1 aromatic carbocycles. The number of carboxylic acid groups (broad SMARTS) is 1. The molecule has 0 atom stereocenters. The van der Waals surface area contributed by atoms with Crippen LogP contribution in [0.5, 0.6) is 5.75 Å². The number of benzene rings is 1. The number of ether oxygens (including phenoxy) is 1. The van der Waals surface area contributed by atoms with Crippen LogP contribution in [0.1, 0.15) is 47.8 Å². The fourth-order valence-electron chi connectivity index (χ4n) is 3.32. The molecule has 0 spiro atoms. The zero-order chi connectivity index (χ0) is 19.7. The lowest BCUT2D eigenvalue weighted by Crippen LogP contribution is -2.09. The zero-order valence-corrected chi connectivity index (χ0v) is 16.3. The van der Waals surface area contributed by atoms with Crippen LogP contribution < -0.4 is 10.1 Å². The quantitative estimate of drug-likeness (QED) is 0.617. The summed E-state index contributed by atoms with van der Waals surface area (Å²) in [7, 11) is 0. The third-order valence-corrected chi connectivity index (χ3v) is 4.90. The minimum Gasteiger partial charge on any atom is -0.449 e. The van der Waals surface area contributed by atoms with Crippen LogP contribution in [0.3, 0.4) is 0 Å². The van der Waals surface area contributed by atoms with E-state index in [0.717, 1.165) is 22.7 Å². The first-order valence-electron chi connectivity index (χ1n) is 9.00. The number of hydrogen-bond donors (Lipinski definition) is 2. The first-order valence-corrected chi connectivity index (χ1v) is 9.00. The van der Waals surface area contributed by atoms with Gasteiger partial charge in [0.05, 0.1) is 17.6 Å². The molecule has 2 aromatic heterocycles. The summed E-state index contributed by atoms with van der Waals surface area (Å²) in [4.78, 5) is 15.6. The fourth-order valence-corrected chi connectivity index (χ4v) is 3.32. The van der Waals surface area contributed by atoms with Gasteiger partial charge < -0.3 is 15.2 Å². The molecule has 27 heavy (non-hydrogen) atoms. The summed E-state index contributed by atoms with van der Waals surface area (Å²) in [6, 6.07) is 8.02. The number of imidazole rings is 1. The third-order valence-electron chi connectivity index (χ3n) is 4.90. The van der Waals surface area contributed by atoms with E-state index in [1.807, 2.05) is 18.2 Å². The molecular formula is C21H25N3O3. The molecular weight excluding hydrogens is 342 g/mol. The molecule has 0 saturated heterocycles. The van der Waals surface area contributed by atoms with Crippen LogP contribution in [0.2, 0.25) is 0 Å². The van der Waals surface area contributed by atoms with Gasteiger partial charge in [-0.1, -0.05) is 32.0 Å². The molecule has 2 heterocycles. The Bertz CT molecular complexity index is 1010. The monoisotopic (exact) mass is 367 g/mol. The third kappa shape index (κ3) is 3.74. The van der Waals surface area contributed by atoms with Gasteiger partial charge in [0.2, 0.25) is 0 Å². The van der Waals surface area contributed by atoms with E-state index in [4.69, 9.17) is 9.84 Å². The lowest BCUT2D eigenvalue weighted by Gasteiger charge is -2.17. The van der Waals surface area contributed by atoms with E-state index in [1.54, 1.807) is 12.3 Å².